The number of thiazole rings is 1. The van der Waals surface area contributed by atoms with Crippen LogP contribution in [-0.4, -0.2) is 23.7 Å². The van der Waals surface area contributed by atoms with Gasteiger partial charge in [-0.2, -0.15) is 4.99 Å². The fraction of sp³-hybridized carbons (Fsp3) is 0.200. The van der Waals surface area contributed by atoms with Gasteiger partial charge in [0, 0.05) is 6.54 Å². The maximum absolute atomic E-state index is 12.2. The van der Waals surface area contributed by atoms with Crippen molar-refractivity contribution in [3.8, 4) is 0 Å². The van der Waals surface area contributed by atoms with Gasteiger partial charge in [-0.1, -0.05) is 35.1 Å². The number of halogens is 1. The molecule has 1 amide bonds. The van der Waals surface area contributed by atoms with Crippen LogP contribution in [0.1, 0.15) is 0 Å². The van der Waals surface area contributed by atoms with Gasteiger partial charge >= 0.3 is 5.91 Å². The van der Waals surface area contributed by atoms with Crippen LogP contribution in [0.25, 0.3) is 10.2 Å². The highest BCUT2D eigenvalue weighted by molar-refractivity contribution is 7.16. The number of amides is 1. The van der Waals surface area contributed by atoms with Gasteiger partial charge in [0.05, 0.1) is 15.2 Å². The summed E-state index contributed by atoms with van der Waals surface area (Å²) < 4.78 is 13.2. The number of rotatable bonds is 3. The van der Waals surface area contributed by atoms with E-state index in [4.69, 9.17) is 21.1 Å². The highest BCUT2D eigenvalue weighted by atomic mass is 35.5. The van der Waals surface area contributed by atoms with Crippen molar-refractivity contribution in [1.29, 1.82) is 0 Å². The maximum atomic E-state index is 12.2. The minimum Gasteiger partial charge on any atom is -0.494 e. The first-order chi connectivity index (χ1) is 10.7. The van der Waals surface area contributed by atoms with E-state index in [1.807, 2.05) is 22.8 Å². The molecule has 2 heterocycles. The number of fused-ring (bicyclic) bond motifs is 1. The van der Waals surface area contributed by atoms with Gasteiger partial charge in [-0.25, -0.2) is 0 Å². The third kappa shape index (κ3) is 2.80. The Kier molecular flexibility index (Phi) is 4.31. The van der Waals surface area contributed by atoms with Crippen molar-refractivity contribution in [3.63, 3.8) is 0 Å². The summed E-state index contributed by atoms with van der Waals surface area (Å²) in [5, 5.41) is 0.612. The molecule has 22 heavy (non-hydrogen) atoms. The summed E-state index contributed by atoms with van der Waals surface area (Å²) >= 11 is 7.66. The SMILES string of the molecule is C=CCn1c(=NC(=O)C2=COCCO2)sc2cccc(Cl)c21. The molecule has 1 aliphatic rings. The predicted octanol–water partition coefficient (Wildman–Crippen LogP) is 2.86. The second-order valence-electron chi connectivity index (χ2n) is 4.49. The first kappa shape index (κ1) is 14.9. The Labute approximate surface area is 135 Å². The lowest BCUT2D eigenvalue weighted by molar-refractivity contribution is -0.119. The zero-order valence-electron chi connectivity index (χ0n) is 11.6. The lowest BCUT2D eigenvalue weighted by Gasteiger charge is -2.12. The first-order valence-corrected chi connectivity index (χ1v) is 7.82. The molecular weight excluding hydrogens is 324 g/mol. The van der Waals surface area contributed by atoms with Gasteiger partial charge in [0.2, 0.25) is 5.76 Å². The van der Waals surface area contributed by atoms with E-state index in [0.29, 0.717) is 29.6 Å². The number of ether oxygens (including phenoxy) is 2. The number of aromatic nitrogens is 1. The Hall–Kier alpha value is -2.05. The smallest absolute Gasteiger partial charge is 0.317 e. The molecule has 0 atom stereocenters. The van der Waals surface area contributed by atoms with Gasteiger partial charge in [0.1, 0.15) is 19.5 Å². The molecule has 0 bridgehead atoms. The molecule has 1 aliphatic heterocycles. The third-order valence-corrected chi connectivity index (χ3v) is 4.37. The molecule has 0 radical (unpaired) electrons. The largest absolute Gasteiger partial charge is 0.494 e. The van der Waals surface area contributed by atoms with E-state index >= 15 is 0 Å². The lowest BCUT2D eigenvalue weighted by atomic mass is 10.3. The van der Waals surface area contributed by atoms with Crippen molar-refractivity contribution in [2.24, 2.45) is 4.99 Å². The monoisotopic (exact) mass is 336 g/mol. The molecule has 0 saturated carbocycles. The summed E-state index contributed by atoms with van der Waals surface area (Å²) in [7, 11) is 0. The number of allylic oxidation sites excluding steroid dienone is 1. The fourth-order valence-corrected chi connectivity index (χ4v) is 3.49. The molecule has 3 rings (SSSR count). The van der Waals surface area contributed by atoms with Crippen LogP contribution in [0.5, 0.6) is 0 Å². The molecule has 0 saturated heterocycles. The molecule has 1 aromatic heterocycles. The number of nitrogens with zero attached hydrogens (tertiary/aromatic N) is 2. The number of carbonyl (C=O) groups is 1. The van der Waals surface area contributed by atoms with Crippen molar-refractivity contribution in [1.82, 2.24) is 4.57 Å². The van der Waals surface area contributed by atoms with E-state index < -0.39 is 5.91 Å². The molecule has 114 valence electrons. The molecule has 7 heteroatoms. The van der Waals surface area contributed by atoms with Crippen LogP contribution in [-0.2, 0) is 20.8 Å². The number of benzene rings is 1. The zero-order chi connectivity index (χ0) is 15.5. The van der Waals surface area contributed by atoms with E-state index in [2.05, 4.69) is 11.6 Å². The molecule has 0 unspecified atom stereocenters. The third-order valence-electron chi connectivity index (χ3n) is 3.02. The average Bonchev–Trinajstić information content (AvgIpc) is 2.87. The number of hydrogen-bond acceptors (Lipinski definition) is 4. The summed E-state index contributed by atoms with van der Waals surface area (Å²) in [6.07, 6.45) is 3.03. The van der Waals surface area contributed by atoms with E-state index in [1.165, 1.54) is 17.6 Å². The van der Waals surface area contributed by atoms with Gasteiger partial charge < -0.3 is 14.0 Å². The van der Waals surface area contributed by atoms with E-state index in [9.17, 15) is 4.79 Å². The molecule has 1 aromatic carbocycles. The molecule has 5 nitrogen and oxygen atoms in total. The van der Waals surface area contributed by atoms with E-state index in [0.717, 1.165) is 10.2 Å². The number of hydrogen-bond donors (Lipinski definition) is 0. The number of carbonyl (C=O) groups excluding carboxylic acids is 1. The van der Waals surface area contributed by atoms with Crippen molar-refractivity contribution < 1.29 is 14.3 Å². The Morgan fingerprint density at radius 1 is 1.50 bits per heavy atom. The minimum absolute atomic E-state index is 0.111. The van der Waals surface area contributed by atoms with E-state index in [1.54, 1.807) is 6.08 Å². The van der Waals surface area contributed by atoms with Gasteiger partial charge in [-0.3, -0.25) is 4.79 Å². The average molecular weight is 337 g/mol. The Bertz CT molecular complexity index is 835. The highest BCUT2D eigenvalue weighted by Gasteiger charge is 2.16. The quantitative estimate of drug-likeness (QED) is 0.810. The van der Waals surface area contributed by atoms with Crippen molar-refractivity contribution >= 4 is 39.1 Å². The second kappa shape index (κ2) is 6.37. The Morgan fingerprint density at radius 2 is 2.36 bits per heavy atom. The lowest BCUT2D eigenvalue weighted by Crippen LogP contribution is -2.19. The highest BCUT2D eigenvalue weighted by Crippen LogP contribution is 2.25. The topological polar surface area (TPSA) is 52.8 Å². The second-order valence-corrected chi connectivity index (χ2v) is 5.91. The molecule has 0 fully saturated rings. The molecule has 0 spiro atoms. The van der Waals surface area contributed by atoms with Crippen LogP contribution < -0.4 is 4.80 Å². The van der Waals surface area contributed by atoms with Gasteiger partial charge in [0.15, 0.2) is 4.80 Å². The van der Waals surface area contributed by atoms with Crippen LogP contribution in [0.3, 0.4) is 0 Å². The normalized spacial score (nSPS) is 15.1. The maximum Gasteiger partial charge on any atom is 0.317 e. The Balaban J connectivity index is 2.13. The van der Waals surface area contributed by atoms with Gasteiger partial charge in [0.25, 0.3) is 0 Å². The molecule has 0 aliphatic carbocycles. The summed E-state index contributed by atoms with van der Waals surface area (Å²) in [4.78, 5) is 16.9. The van der Waals surface area contributed by atoms with Crippen LogP contribution in [0, 0.1) is 0 Å². The molecular formula is C15H13ClN2O3S. The van der Waals surface area contributed by atoms with Gasteiger partial charge in [-0.05, 0) is 12.1 Å². The van der Waals surface area contributed by atoms with Crippen LogP contribution >= 0.6 is 22.9 Å². The zero-order valence-corrected chi connectivity index (χ0v) is 13.2. The van der Waals surface area contributed by atoms with Crippen molar-refractivity contribution in [2.75, 3.05) is 13.2 Å². The number of para-hydroxylation sites is 1. The van der Waals surface area contributed by atoms with Crippen LogP contribution in [0.15, 0.2) is 47.9 Å². The summed E-state index contributed by atoms with van der Waals surface area (Å²) in [6.45, 7) is 5.03. The van der Waals surface area contributed by atoms with Crippen LogP contribution in [0.4, 0.5) is 0 Å². The van der Waals surface area contributed by atoms with Gasteiger partial charge in [-0.15, -0.1) is 6.58 Å². The molecule has 0 N–H and O–H groups in total. The van der Waals surface area contributed by atoms with Crippen LogP contribution in [0.2, 0.25) is 5.02 Å². The first-order valence-electron chi connectivity index (χ1n) is 6.63. The predicted molar refractivity (Wildman–Crippen MR) is 85.6 cm³/mol. The summed E-state index contributed by atoms with van der Waals surface area (Å²) in [5.74, 6) is -0.361. The van der Waals surface area contributed by atoms with Crippen molar-refractivity contribution in [2.45, 2.75) is 6.54 Å². The van der Waals surface area contributed by atoms with Crippen molar-refractivity contribution in [3.05, 3.63) is 52.7 Å². The molecule has 2 aromatic rings. The standard InChI is InChI=1S/C15H13ClN2O3S/c1-2-6-18-13-10(16)4-3-5-12(13)22-15(18)17-14(19)11-9-20-7-8-21-11/h2-5,9H,1,6-8H2. The van der Waals surface area contributed by atoms with E-state index in [-0.39, 0.29) is 5.76 Å². The Morgan fingerprint density at radius 3 is 3.09 bits per heavy atom. The summed E-state index contributed by atoms with van der Waals surface area (Å²) in [5.41, 5.74) is 0.843. The summed E-state index contributed by atoms with van der Waals surface area (Å²) in [6, 6.07) is 5.61. The fourth-order valence-electron chi connectivity index (χ4n) is 2.09. The minimum atomic E-state index is -0.472.